The van der Waals surface area contributed by atoms with E-state index in [1.54, 1.807) is 24.3 Å². The van der Waals surface area contributed by atoms with Crippen molar-refractivity contribution in [2.45, 2.75) is 38.0 Å². The van der Waals surface area contributed by atoms with E-state index in [0.29, 0.717) is 0 Å². The summed E-state index contributed by atoms with van der Waals surface area (Å²) in [7, 11) is 0. The van der Waals surface area contributed by atoms with Gasteiger partial charge < -0.3 is 9.84 Å². The quantitative estimate of drug-likeness (QED) is 0.432. The monoisotopic (exact) mass is 448 g/mol. The number of hydrogen-bond acceptors (Lipinski definition) is 2. The first kappa shape index (κ1) is 21.1. The summed E-state index contributed by atoms with van der Waals surface area (Å²) in [5.74, 6) is 11.5. The summed E-state index contributed by atoms with van der Waals surface area (Å²) in [5.41, 5.74) is 3.43. The minimum absolute atomic E-state index is 0.262. The van der Waals surface area contributed by atoms with E-state index in [2.05, 4.69) is 36.1 Å². The first-order chi connectivity index (χ1) is 16.6. The minimum Gasteiger partial charge on any atom is -0.478 e. The second kappa shape index (κ2) is 8.69. The topological polar surface area (TPSA) is 46.5 Å². The molecular weight excluding hydrogens is 420 g/mol. The van der Waals surface area contributed by atoms with Crippen molar-refractivity contribution in [1.29, 1.82) is 0 Å². The van der Waals surface area contributed by atoms with Crippen molar-refractivity contribution < 1.29 is 14.6 Å². The Morgan fingerprint density at radius 2 is 1.15 bits per heavy atom. The fraction of sp³-hybridized carbons (Fsp3) is 0.323. The summed E-state index contributed by atoms with van der Waals surface area (Å²) < 4.78 is 6.09. The smallest absolute Gasteiger partial charge is 0.335 e. The molecule has 4 aliphatic rings. The van der Waals surface area contributed by atoms with E-state index in [1.165, 1.54) is 37.7 Å². The predicted molar refractivity (Wildman–Crippen MR) is 132 cm³/mol. The fourth-order valence-electron chi connectivity index (χ4n) is 6.81. The maximum atomic E-state index is 10.9. The highest BCUT2D eigenvalue weighted by Crippen LogP contribution is 2.59. The molecule has 0 saturated heterocycles. The molecule has 4 bridgehead atoms. The van der Waals surface area contributed by atoms with Crippen LogP contribution in [0.3, 0.4) is 0 Å². The molecule has 4 fully saturated rings. The molecule has 3 aromatic rings. The Labute approximate surface area is 200 Å². The molecular formula is C31H28O3. The average Bonchev–Trinajstić information content (AvgIpc) is 2.84. The summed E-state index contributed by atoms with van der Waals surface area (Å²) in [4.78, 5) is 10.9. The third kappa shape index (κ3) is 4.21. The lowest BCUT2D eigenvalue weighted by molar-refractivity contribution is -0.00279. The SMILES string of the molecule is O=C(O)c1ccc(C#Cc2ccc(Oc3ccc(C4C5CC6CC(C5)CC4C6)cc3)cc2)cc1. The van der Waals surface area contributed by atoms with Gasteiger partial charge in [0.1, 0.15) is 11.5 Å². The largest absolute Gasteiger partial charge is 0.478 e. The van der Waals surface area contributed by atoms with Crippen LogP contribution >= 0.6 is 0 Å². The lowest BCUT2D eigenvalue weighted by Crippen LogP contribution is -2.43. The molecule has 1 N–H and O–H groups in total. The molecule has 0 heterocycles. The standard InChI is InChI=1S/C31H28O3/c32-31(33)25-7-3-20(4-8-25)1-2-21-5-11-28(12-6-21)34-29-13-9-24(10-14-29)30-26-16-22-15-23(18-26)19-27(30)17-22/h3-14,22-23,26-27,30H,15-19H2,(H,32,33). The van der Waals surface area contributed by atoms with Crippen LogP contribution in [0, 0.1) is 35.5 Å². The molecule has 0 unspecified atom stereocenters. The second-order valence-corrected chi connectivity index (χ2v) is 10.3. The van der Waals surface area contributed by atoms with Crippen molar-refractivity contribution >= 4 is 5.97 Å². The van der Waals surface area contributed by atoms with Gasteiger partial charge in [-0.25, -0.2) is 4.79 Å². The molecule has 0 aliphatic heterocycles. The van der Waals surface area contributed by atoms with Gasteiger partial charge in [0, 0.05) is 11.1 Å². The van der Waals surface area contributed by atoms with Crippen molar-refractivity contribution in [3.8, 4) is 23.3 Å². The molecule has 7 rings (SSSR count). The van der Waals surface area contributed by atoms with Crippen molar-refractivity contribution in [2.24, 2.45) is 23.7 Å². The van der Waals surface area contributed by atoms with E-state index in [1.807, 2.05) is 24.3 Å². The van der Waals surface area contributed by atoms with Gasteiger partial charge in [-0.05, 0) is 128 Å². The number of ether oxygens (including phenoxy) is 1. The van der Waals surface area contributed by atoms with Gasteiger partial charge in [-0.2, -0.15) is 0 Å². The molecule has 3 aromatic carbocycles. The van der Waals surface area contributed by atoms with Crippen molar-refractivity contribution in [3.05, 3.63) is 95.1 Å². The zero-order chi connectivity index (χ0) is 23.1. The third-order valence-corrected chi connectivity index (χ3v) is 8.06. The first-order valence-electron chi connectivity index (χ1n) is 12.3. The van der Waals surface area contributed by atoms with Crippen LogP contribution in [0.4, 0.5) is 0 Å². The summed E-state index contributed by atoms with van der Waals surface area (Å²) in [6.45, 7) is 0. The van der Waals surface area contributed by atoms with Gasteiger partial charge >= 0.3 is 5.97 Å². The predicted octanol–water partition coefficient (Wildman–Crippen LogP) is 7.12. The van der Waals surface area contributed by atoms with Gasteiger partial charge in [0.05, 0.1) is 5.56 Å². The number of aromatic carboxylic acids is 1. The Bertz CT molecular complexity index is 1220. The second-order valence-electron chi connectivity index (χ2n) is 10.3. The van der Waals surface area contributed by atoms with Crippen LogP contribution in [0.5, 0.6) is 11.5 Å². The summed E-state index contributed by atoms with van der Waals surface area (Å²) in [6.07, 6.45) is 7.27. The molecule has 0 aromatic heterocycles. The van der Waals surface area contributed by atoms with Crippen LogP contribution in [-0.2, 0) is 0 Å². The Hall–Kier alpha value is -3.51. The number of carboxylic acids is 1. The van der Waals surface area contributed by atoms with Crippen LogP contribution in [0.2, 0.25) is 0 Å². The van der Waals surface area contributed by atoms with E-state index in [9.17, 15) is 4.79 Å². The lowest BCUT2D eigenvalue weighted by atomic mass is 9.51. The third-order valence-electron chi connectivity index (χ3n) is 8.06. The summed E-state index contributed by atoms with van der Waals surface area (Å²) >= 11 is 0. The van der Waals surface area contributed by atoms with Crippen LogP contribution < -0.4 is 4.74 Å². The number of carboxylic acid groups (broad SMARTS) is 1. The summed E-state index contributed by atoms with van der Waals surface area (Å²) in [6, 6.07) is 23.1. The van der Waals surface area contributed by atoms with Crippen molar-refractivity contribution in [2.75, 3.05) is 0 Å². The zero-order valence-corrected chi connectivity index (χ0v) is 19.1. The van der Waals surface area contributed by atoms with Gasteiger partial charge in [0.2, 0.25) is 0 Å². The molecule has 0 radical (unpaired) electrons. The van der Waals surface area contributed by atoms with Crippen LogP contribution in [0.15, 0.2) is 72.8 Å². The van der Waals surface area contributed by atoms with E-state index in [0.717, 1.165) is 52.2 Å². The molecule has 3 heteroatoms. The van der Waals surface area contributed by atoms with Crippen LogP contribution in [0.25, 0.3) is 0 Å². The fourth-order valence-corrected chi connectivity index (χ4v) is 6.81. The normalized spacial score (nSPS) is 26.5. The Kier molecular flexibility index (Phi) is 5.38. The van der Waals surface area contributed by atoms with Gasteiger partial charge in [0.25, 0.3) is 0 Å². The van der Waals surface area contributed by atoms with Gasteiger partial charge in [-0.1, -0.05) is 24.0 Å². The van der Waals surface area contributed by atoms with Gasteiger partial charge in [-0.3, -0.25) is 0 Å². The molecule has 0 amide bonds. The number of benzene rings is 3. The molecule has 4 saturated carbocycles. The molecule has 0 atom stereocenters. The molecule has 34 heavy (non-hydrogen) atoms. The highest BCUT2D eigenvalue weighted by atomic mass is 16.5. The summed E-state index contributed by atoms with van der Waals surface area (Å²) in [5, 5.41) is 8.98. The van der Waals surface area contributed by atoms with E-state index in [4.69, 9.17) is 9.84 Å². The van der Waals surface area contributed by atoms with E-state index < -0.39 is 5.97 Å². The number of hydrogen-bond donors (Lipinski definition) is 1. The van der Waals surface area contributed by atoms with E-state index in [-0.39, 0.29) is 5.56 Å². The Morgan fingerprint density at radius 1 is 0.676 bits per heavy atom. The zero-order valence-electron chi connectivity index (χ0n) is 19.1. The average molecular weight is 449 g/mol. The molecule has 0 spiro atoms. The molecule has 4 aliphatic carbocycles. The van der Waals surface area contributed by atoms with Crippen molar-refractivity contribution in [3.63, 3.8) is 0 Å². The minimum atomic E-state index is -0.933. The maximum absolute atomic E-state index is 10.9. The number of carbonyl (C=O) groups is 1. The van der Waals surface area contributed by atoms with Crippen LogP contribution in [-0.4, -0.2) is 11.1 Å². The highest BCUT2D eigenvalue weighted by Gasteiger charge is 2.48. The van der Waals surface area contributed by atoms with Crippen molar-refractivity contribution in [1.82, 2.24) is 0 Å². The Morgan fingerprint density at radius 3 is 1.65 bits per heavy atom. The van der Waals surface area contributed by atoms with Gasteiger partial charge in [0.15, 0.2) is 0 Å². The molecule has 170 valence electrons. The highest BCUT2D eigenvalue weighted by molar-refractivity contribution is 5.87. The lowest BCUT2D eigenvalue weighted by Gasteiger charge is -2.54. The molecule has 3 nitrogen and oxygen atoms in total. The van der Waals surface area contributed by atoms with Gasteiger partial charge in [-0.15, -0.1) is 0 Å². The maximum Gasteiger partial charge on any atom is 0.335 e. The number of rotatable bonds is 4. The first-order valence-corrected chi connectivity index (χ1v) is 12.3. The van der Waals surface area contributed by atoms with Crippen LogP contribution in [0.1, 0.15) is 65.1 Å². The van der Waals surface area contributed by atoms with E-state index >= 15 is 0 Å². The Balaban J connectivity index is 1.10.